The maximum atomic E-state index is 13.1. The van der Waals surface area contributed by atoms with Crippen LogP contribution in [-0.4, -0.2) is 40.6 Å². The summed E-state index contributed by atoms with van der Waals surface area (Å²) in [5, 5.41) is 3.69. The van der Waals surface area contributed by atoms with Crippen LogP contribution in [0.4, 0.5) is 10.2 Å². The first-order valence-corrected chi connectivity index (χ1v) is 9.47. The molecule has 3 heterocycles. The number of nitrogens with zero attached hydrogens (tertiary/aromatic N) is 4. The van der Waals surface area contributed by atoms with E-state index >= 15 is 0 Å². The third kappa shape index (κ3) is 2.95. The van der Waals surface area contributed by atoms with E-state index < -0.39 is 16.0 Å². The van der Waals surface area contributed by atoms with Crippen LogP contribution < -0.4 is 5.73 Å². The normalized spacial score (nSPS) is 15.0. The Morgan fingerprint density at radius 1 is 1.04 bits per heavy atom. The van der Waals surface area contributed by atoms with Crippen molar-refractivity contribution in [3.63, 3.8) is 0 Å². The molecule has 2 aromatic heterocycles. The number of anilines is 1. The molecule has 7 nitrogen and oxygen atoms in total. The smallest absolute Gasteiger partial charge is 0.243 e. The van der Waals surface area contributed by atoms with Gasteiger partial charge in [0.25, 0.3) is 0 Å². The second-order valence-corrected chi connectivity index (χ2v) is 7.94. The van der Waals surface area contributed by atoms with E-state index in [1.807, 2.05) is 0 Å². The number of nitrogen functional groups attached to an aromatic ring is 1. The monoisotopic (exact) mass is 373 g/mol. The fourth-order valence-corrected chi connectivity index (χ4v) is 4.26. The van der Waals surface area contributed by atoms with Gasteiger partial charge in [0, 0.05) is 25.4 Å². The van der Waals surface area contributed by atoms with Crippen LogP contribution >= 0.6 is 0 Å². The lowest BCUT2D eigenvalue weighted by Crippen LogP contribution is -2.41. The Morgan fingerprint density at radius 2 is 1.77 bits per heavy atom. The van der Waals surface area contributed by atoms with Gasteiger partial charge in [-0.2, -0.15) is 8.70 Å². The van der Waals surface area contributed by atoms with Crippen LogP contribution in [0, 0.1) is 5.95 Å². The molecule has 0 atom stereocenters. The average molecular weight is 373 g/mol. The summed E-state index contributed by atoms with van der Waals surface area (Å²) in [6.07, 6.45) is 2.34. The first kappa shape index (κ1) is 16.7. The molecule has 1 aromatic carbocycles. The maximum Gasteiger partial charge on any atom is 0.243 e. The highest BCUT2D eigenvalue weighted by atomic mass is 32.2. The summed E-state index contributed by atoms with van der Waals surface area (Å²) < 4.78 is 40.7. The van der Waals surface area contributed by atoms with Crippen molar-refractivity contribution in [1.82, 2.24) is 19.1 Å². The number of pyridine rings is 1. The van der Waals surface area contributed by atoms with Gasteiger partial charge in [-0.15, -0.1) is 5.10 Å². The molecule has 26 heavy (non-hydrogen) atoms. The Hall–Kier alpha value is -2.78. The Labute approximate surface area is 149 Å². The topological polar surface area (TPSA) is 94.1 Å². The Bertz CT molecular complexity index is 1060. The lowest BCUT2D eigenvalue weighted by Gasteiger charge is -2.29. The van der Waals surface area contributed by atoms with E-state index in [0.29, 0.717) is 18.9 Å². The number of aromatic nitrogens is 3. The van der Waals surface area contributed by atoms with Gasteiger partial charge < -0.3 is 5.73 Å². The number of hydrogen-bond acceptors (Lipinski definition) is 5. The predicted molar refractivity (Wildman–Crippen MR) is 94.5 cm³/mol. The molecular formula is C17H16FN5O2S. The van der Waals surface area contributed by atoms with E-state index in [2.05, 4.69) is 10.1 Å². The van der Waals surface area contributed by atoms with Gasteiger partial charge in [0.1, 0.15) is 5.82 Å². The molecule has 0 unspecified atom stereocenters. The van der Waals surface area contributed by atoms with E-state index in [-0.39, 0.29) is 10.7 Å². The third-order valence-electron chi connectivity index (χ3n) is 4.26. The van der Waals surface area contributed by atoms with Crippen molar-refractivity contribution in [3.8, 4) is 16.9 Å². The van der Waals surface area contributed by atoms with E-state index in [1.54, 1.807) is 36.4 Å². The van der Waals surface area contributed by atoms with Crippen molar-refractivity contribution < 1.29 is 12.8 Å². The third-order valence-corrected chi connectivity index (χ3v) is 6.18. The molecule has 1 aliphatic heterocycles. The van der Waals surface area contributed by atoms with Crippen LogP contribution in [0.15, 0.2) is 53.6 Å². The zero-order valence-corrected chi connectivity index (χ0v) is 14.5. The van der Waals surface area contributed by atoms with Crippen molar-refractivity contribution in [2.24, 2.45) is 0 Å². The SMILES string of the molecule is Nc1cc(-c2ccc(S(=O)(=O)N3CCC3)cc2)cc(-n2ccc(F)n2)n1. The minimum Gasteiger partial charge on any atom is -0.384 e. The molecule has 4 rings (SSSR count). The van der Waals surface area contributed by atoms with Gasteiger partial charge in [0.2, 0.25) is 16.0 Å². The molecule has 9 heteroatoms. The van der Waals surface area contributed by atoms with Gasteiger partial charge >= 0.3 is 0 Å². The first-order valence-electron chi connectivity index (χ1n) is 8.03. The van der Waals surface area contributed by atoms with Crippen molar-refractivity contribution in [2.75, 3.05) is 18.8 Å². The average Bonchev–Trinajstić information content (AvgIpc) is 2.99. The lowest BCUT2D eigenvalue weighted by atomic mass is 10.1. The lowest BCUT2D eigenvalue weighted by molar-refractivity contribution is 0.309. The molecule has 0 radical (unpaired) electrons. The minimum absolute atomic E-state index is 0.255. The molecule has 0 spiro atoms. The standard InChI is InChI=1S/C17H16FN5O2S/c18-15-6-9-23(21-15)17-11-13(10-16(19)20-17)12-2-4-14(5-3-12)26(24,25)22-7-1-8-22/h2-6,9-11H,1,7-8H2,(H2,19,20). The summed E-state index contributed by atoms with van der Waals surface area (Å²) in [6.45, 7) is 1.13. The second-order valence-electron chi connectivity index (χ2n) is 6.00. The molecule has 1 saturated heterocycles. The zero-order valence-electron chi connectivity index (χ0n) is 13.7. The summed E-state index contributed by atoms with van der Waals surface area (Å²) in [7, 11) is -3.42. The Balaban J connectivity index is 1.68. The summed E-state index contributed by atoms with van der Waals surface area (Å²) >= 11 is 0. The van der Waals surface area contributed by atoms with Crippen LogP contribution in [0.25, 0.3) is 16.9 Å². The van der Waals surface area contributed by atoms with Crippen LogP contribution in [-0.2, 0) is 10.0 Å². The predicted octanol–water partition coefficient (Wildman–Crippen LogP) is 2.05. The second kappa shape index (κ2) is 6.19. The molecule has 0 amide bonds. The molecule has 134 valence electrons. The van der Waals surface area contributed by atoms with Gasteiger partial charge in [-0.1, -0.05) is 12.1 Å². The molecule has 2 N–H and O–H groups in total. The Morgan fingerprint density at radius 3 is 2.35 bits per heavy atom. The maximum absolute atomic E-state index is 13.1. The van der Waals surface area contributed by atoms with Gasteiger partial charge in [-0.25, -0.2) is 18.1 Å². The van der Waals surface area contributed by atoms with Crippen molar-refractivity contribution in [2.45, 2.75) is 11.3 Å². The number of halogens is 1. The minimum atomic E-state index is -3.42. The first-order chi connectivity index (χ1) is 12.4. The van der Waals surface area contributed by atoms with E-state index in [9.17, 15) is 12.8 Å². The van der Waals surface area contributed by atoms with Crippen LogP contribution in [0.1, 0.15) is 6.42 Å². The molecule has 3 aromatic rings. The molecule has 1 fully saturated rings. The fourth-order valence-electron chi connectivity index (χ4n) is 2.75. The van der Waals surface area contributed by atoms with Gasteiger partial charge in [0.05, 0.1) is 4.90 Å². The summed E-state index contributed by atoms with van der Waals surface area (Å²) in [6, 6.07) is 11.2. The highest BCUT2D eigenvalue weighted by molar-refractivity contribution is 7.89. The summed E-state index contributed by atoms with van der Waals surface area (Å²) in [5.41, 5.74) is 7.36. The molecular weight excluding hydrogens is 357 g/mol. The highest BCUT2D eigenvalue weighted by Gasteiger charge is 2.29. The fraction of sp³-hybridized carbons (Fsp3) is 0.176. The van der Waals surface area contributed by atoms with E-state index in [4.69, 9.17) is 5.73 Å². The van der Waals surface area contributed by atoms with Crippen molar-refractivity contribution >= 4 is 15.8 Å². The van der Waals surface area contributed by atoms with Crippen LogP contribution in [0.5, 0.6) is 0 Å². The van der Waals surface area contributed by atoms with Crippen molar-refractivity contribution in [3.05, 3.63) is 54.6 Å². The molecule has 0 saturated carbocycles. The Kier molecular flexibility index (Phi) is 3.97. The van der Waals surface area contributed by atoms with E-state index in [0.717, 1.165) is 17.5 Å². The molecule has 0 aliphatic carbocycles. The molecule has 1 aliphatic rings. The van der Waals surface area contributed by atoms with Crippen molar-refractivity contribution in [1.29, 1.82) is 0 Å². The summed E-state index contributed by atoms with van der Waals surface area (Å²) in [4.78, 5) is 4.41. The quantitative estimate of drug-likeness (QED) is 0.755. The van der Waals surface area contributed by atoms with E-state index in [1.165, 1.54) is 21.3 Å². The van der Waals surface area contributed by atoms with Crippen LogP contribution in [0.3, 0.4) is 0 Å². The number of nitrogens with two attached hydrogens (primary N) is 1. The van der Waals surface area contributed by atoms with Gasteiger partial charge in [0.15, 0.2) is 5.82 Å². The highest BCUT2D eigenvalue weighted by Crippen LogP contribution is 2.27. The number of hydrogen-bond donors (Lipinski definition) is 1. The van der Waals surface area contributed by atoms with Gasteiger partial charge in [-0.3, -0.25) is 0 Å². The summed E-state index contributed by atoms with van der Waals surface area (Å²) in [5.74, 6) is 0.0168. The zero-order chi connectivity index (χ0) is 18.3. The molecule has 0 bridgehead atoms. The largest absolute Gasteiger partial charge is 0.384 e. The van der Waals surface area contributed by atoms with Gasteiger partial charge in [-0.05, 0) is 41.8 Å². The number of sulfonamides is 1. The number of rotatable bonds is 4. The number of benzene rings is 1. The van der Waals surface area contributed by atoms with Crippen LogP contribution in [0.2, 0.25) is 0 Å².